The van der Waals surface area contributed by atoms with Gasteiger partial charge in [-0.05, 0) is 25.3 Å². The molecule has 3 nitrogen and oxygen atoms in total. The van der Waals surface area contributed by atoms with E-state index in [-0.39, 0.29) is 11.0 Å². The first-order valence-corrected chi connectivity index (χ1v) is 6.70. The second-order valence-electron chi connectivity index (χ2n) is 6.10. The molecule has 0 bridgehead atoms. The van der Waals surface area contributed by atoms with E-state index in [1.54, 1.807) is 0 Å². The highest BCUT2D eigenvalue weighted by molar-refractivity contribution is 5.40. The summed E-state index contributed by atoms with van der Waals surface area (Å²) < 4.78 is 11.3. The molecule has 2 aliphatic rings. The van der Waals surface area contributed by atoms with E-state index in [0.717, 1.165) is 31.8 Å². The summed E-state index contributed by atoms with van der Waals surface area (Å²) in [4.78, 5) is 0. The van der Waals surface area contributed by atoms with Crippen molar-refractivity contribution in [3.05, 3.63) is 29.8 Å². The SMILES string of the molecule is CC1(COc2ccccc2C2(N)CCC2)COC1. The van der Waals surface area contributed by atoms with Gasteiger partial charge < -0.3 is 15.2 Å². The fraction of sp³-hybridized carbons (Fsp3) is 0.600. The van der Waals surface area contributed by atoms with Gasteiger partial charge in [-0.2, -0.15) is 0 Å². The van der Waals surface area contributed by atoms with Gasteiger partial charge in [-0.1, -0.05) is 25.1 Å². The van der Waals surface area contributed by atoms with Gasteiger partial charge in [0.15, 0.2) is 0 Å². The highest BCUT2D eigenvalue weighted by Crippen LogP contribution is 2.43. The molecule has 1 aliphatic heterocycles. The van der Waals surface area contributed by atoms with Crippen molar-refractivity contribution >= 4 is 0 Å². The predicted octanol–water partition coefficient (Wildman–Crippen LogP) is 2.44. The number of rotatable bonds is 4. The van der Waals surface area contributed by atoms with Crippen LogP contribution in [0.15, 0.2) is 24.3 Å². The molecule has 1 aliphatic carbocycles. The fourth-order valence-corrected chi connectivity index (χ4v) is 2.62. The third-order valence-electron chi connectivity index (χ3n) is 4.15. The molecule has 1 aromatic carbocycles. The minimum atomic E-state index is -0.159. The average molecular weight is 247 g/mol. The molecule has 0 spiro atoms. The van der Waals surface area contributed by atoms with Crippen molar-refractivity contribution in [2.24, 2.45) is 11.1 Å². The van der Waals surface area contributed by atoms with E-state index in [9.17, 15) is 0 Å². The second-order valence-corrected chi connectivity index (χ2v) is 6.10. The van der Waals surface area contributed by atoms with Gasteiger partial charge in [0.2, 0.25) is 0 Å². The van der Waals surface area contributed by atoms with Crippen LogP contribution in [0.25, 0.3) is 0 Å². The van der Waals surface area contributed by atoms with Gasteiger partial charge in [-0.3, -0.25) is 0 Å². The topological polar surface area (TPSA) is 44.5 Å². The summed E-state index contributed by atoms with van der Waals surface area (Å²) in [6.45, 7) is 4.49. The first kappa shape index (κ1) is 12.0. The summed E-state index contributed by atoms with van der Waals surface area (Å²) in [7, 11) is 0. The summed E-state index contributed by atoms with van der Waals surface area (Å²) in [6, 6.07) is 8.20. The Balaban J connectivity index is 1.75. The Labute approximate surface area is 108 Å². The summed E-state index contributed by atoms with van der Waals surface area (Å²) in [5.41, 5.74) is 7.59. The van der Waals surface area contributed by atoms with Crippen molar-refractivity contribution in [1.29, 1.82) is 0 Å². The monoisotopic (exact) mass is 247 g/mol. The lowest BCUT2D eigenvalue weighted by atomic mass is 9.72. The van der Waals surface area contributed by atoms with Crippen molar-refractivity contribution in [3.8, 4) is 5.75 Å². The highest BCUT2D eigenvalue weighted by Gasteiger charge is 2.38. The second kappa shape index (κ2) is 4.25. The van der Waals surface area contributed by atoms with Gasteiger partial charge in [0, 0.05) is 16.5 Å². The van der Waals surface area contributed by atoms with Crippen molar-refractivity contribution < 1.29 is 9.47 Å². The van der Waals surface area contributed by atoms with E-state index in [4.69, 9.17) is 15.2 Å². The van der Waals surface area contributed by atoms with Crippen LogP contribution in [0.2, 0.25) is 0 Å². The van der Waals surface area contributed by atoms with E-state index < -0.39 is 0 Å². The Bertz CT molecular complexity index is 436. The van der Waals surface area contributed by atoms with Crippen molar-refractivity contribution in [2.45, 2.75) is 31.7 Å². The van der Waals surface area contributed by atoms with E-state index in [2.05, 4.69) is 13.0 Å². The van der Waals surface area contributed by atoms with Crippen LogP contribution < -0.4 is 10.5 Å². The Morgan fingerprint density at radius 2 is 2.00 bits per heavy atom. The van der Waals surface area contributed by atoms with Crippen LogP contribution in [0.3, 0.4) is 0 Å². The van der Waals surface area contributed by atoms with E-state index in [0.29, 0.717) is 6.61 Å². The molecule has 0 aromatic heterocycles. The molecule has 18 heavy (non-hydrogen) atoms. The van der Waals surface area contributed by atoms with Crippen molar-refractivity contribution in [3.63, 3.8) is 0 Å². The summed E-state index contributed by atoms with van der Waals surface area (Å²) >= 11 is 0. The molecule has 2 fully saturated rings. The van der Waals surface area contributed by atoms with Crippen molar-refractivity contribution in [1.82, 2.24) is 0 Å². The van der Waals surface area contributed by atoms with Gasteiger partial charge in [-0.25, -0.2) is 0 Å². The number of hydrogen-bond acceptors (Lipinski definition) is 3. The third-order valence-corrected chi connectivity index (χ3v) is 4.15. The fourth-order valence-electron chi connectivity index (χ4n) is 2.62. The Kier molecular flexibility index (Phi) is 2.83. The zero-order valence-corrected chi connectivity index (χ0v) is 10.9. The van der Waals surface area contributed by atoms with Crippen LogP contribution in [0.1, 0.15) is 31.7 Å². The molecule has 3 heteroatoms. The van der Waals surface area contributed by atoms with Gasteiger partial charge in [0.25, 0.3) is 0 Å². The standard InChI is InChI=1S/C15H21NO2/c1-14(9-17-10-14)11-18-13-6-3-2-5-12(13)15(16)7-4-8-15/h2-3,5-6H,4,7-11,16H2,1H3. The van der Waals surface area contributed by atoms with E-state index >= 15 is 0 Å². The van der Waals surface area contributed by atoms with Crippen LogP contribution in [-0.2, 0) is 10.3 Å². The quantitative estimate of drug-likeness (QED) is 0.888. The lowest BCUT2D eigenvalue weighted by Gasteiger charge is -2.41. The zero-order valence-electron chi connectivity index (χ0n) is 10.9. The molecule has 0 atom stereocenters. The van der Waals surface area contributed by atoms with Gasteiger partial charge in [0.05, 0.1) is 19.8 Å². The van der Waals surface area contributed by atoms with Crippen LogP contribution >= 0.6 is 0 Å². The predicted molar refractivity (Wildman–Crippen MR) is 70.6 cm³/mol. The van der Waals surface area contributed by atoms with Crippen LogP contribution in [-0.4, -0.2) is 19.8 Å². The lowest BCUT2D eigenvalue weighted by molar-refractivity contribution is -0.120. The molecule has 0 amide bonds. The molecule has 0 radical (unpaired) electrons. The molecule has 1 aromatic rings. The number of para-hydroxylation sites is 1. The average Bonchev–Trinajstić information content (AvgIpc) is 2.31. The molecule has 98 valence electrons. The molecule has 1 saturated heterocycles. The normalized spacial score (nSPS) is 23.9. The smallest absolute Gasteiger partial charge is 0.124 e. The van der Waals surface area contributed by atoms with Crippen LogP contribution in [0.5, 0.6) is 5.75 Å². The summed E-state index contributed by atoms with van der Waals surface area (Å²) in [5.74, 6) is 0.952. The maximum absolute atomic E-state index is 6.41. The Hall–Kier alpha value is -1.06. The Morgan fingerprint density at radius 1 is 1.28 bits per heavy atom. The number of hydrogen-bond donors (Lipinski definition) is 1. The van der Waals surface area contributed by atoms with Crippen LogP contribution in [0, 0.1) is 5.41 Å². The number of ether oxygens (including phenoxy) is 2. The van der Waals surface area contributed by atoms with Crippen LogP contribution in [0.4, 0.5) is 0 Å². The maximum atomic E-state index is 6.41. The number of nitrogens with two attached hydrogens (primary N) is 1. The number of benzene rings is 1. The molecule has 3 rings (SSSR count). The first-order chi connectivity index (χ1) is 8.61. The Morgan fingerprint density at radius 3 is 2.56 bits per heavy atom. The maximum Gasteiger partial charge on any atom is 0.124 e. The van der Waals surface area contributed by atoms with Crippen molar-refractivity contribution in [2.75, 3.05) is 19.8 Å². The molecule has 1 heterocycles. The van der Waals surface area contributed by atoms with Gasteiger partial charge >= 0.3 is 0 Å². The van der Waals surface area contributed by atoms with Gasteiger partial charge in [0.1, 0.15) is 5.75 Å². The largest absolute Gasteiger partial charge is 0.492 e. The first-order valence-electron chi connectivity index (χ1n) is 6.70. The highest BCUT2D eigenvalue weighted by atomic mass is 16.5. The van der Waals surface area contributed by atoms with Gasteiger partial charge in [-0.15, -0.1) is 0 Å². The summed E-state index contributed by atoms with van der Waals surface area (Å²) in [5, 5.41) is 0. The van der Waals surface area contributed by atoms with E-state index in [1.807, 2.05) is 18.2 Å². The molecule has 1 saturated carbocycles. The van der Waals surface area contributed by atoms with E-state index in [1.165, 1.54) is 12.0 Å². The minimum absolute atomic E-state index is 0.159. The molecular weight excluding hydrogens is 226 g/mol. The minimum Gasteiger partial charge on any atom is -0.492 e. The molecule has 0 unspecified atom stereocenters. The molecular formula is C15H21NO2. The lowest BCUT2D eigenvalue weighted by Crippen LogP contribution is -2.45. The zero-order chi connectivity index (χ0) is 12.6. The molecule has 2 N–H and O–H groups in total. The summed E-state index contributed by atoms with van der Waals surface area (Å²) in [6.07, 6.45) is 3.35. The third kappa shape index (κ3) is 2.02.